The topological polar surface area (TPSA) is 31.2 Å². The summed E-state index contributed by atoms with van der Waals surface area (Å²) >= 11 is 3.36. The first-order valence-electron chi connectivity index (χ1n) is 5.81. The normalized spacial score (nSPS) is 12.7. The molecule has 1 atom stereocenters. The van der Waals surface area contributed by atoms with Gasteiger partial charge < -0.3 is 9.30 Å². The summed E-state index contributed by atoms with van der Waals surface area (Å²) in [6, 6.07) is 5.78. The second-order valence-electron chi connectivity index (χ2n) is 4.46. The number of ketones is 1. The van der Waals surface area contributed by atoms with Gasteiger partial charge in [-0.3, -0.25) is 4.79 Å². The number of hydrogen-bond donors (Lipinski definition) is 0. The number of benzene rings is 1. The third-order valence-corrected chi connectivity index (χ3v) is 4.11. The van der Waals surface area contributed by atoms with E-state index < -0.39 is 0 Å². The summed E-state index contributed by atoms with van der Waals surface area (Å²) in [5.41, 5.74) is 1.79. The smallest absolute Gasteiger partial charge is 0.168 e. The van der Waals surface area contributed by atoms with E-state index in [0.29, 0.717) is 5.33 Å². The van der Waals surface area contributed by atoms with Crippen LogP contribution >= 0.6 is 15.9 Å². The molecule has 2 rings (SSSR count). The van der Waals surface area contributed by atoms with E-state index in [1.54, 1.807) is 7.11 Å². The second-order valence-corrected chi connectivity index (χ2v) is 5.10. The summed E-state index contributed by atoms with van der Waals surface area (Å²) in [7, 11) is 3.58. The molecular weight excluding hydrogens is 294 g/mol. The molecule has 0 aliphatic carbocycles. The number of rotatable bonds is 4. The lowest BCUT2D eigenvalue weighted by Gasteiger charge is -2.05. The number of hydrogen-bond acceptors (Lipinski definition) is 2. The number of halogens is 1. The lowest BCUT2D eigenvalue weighted by molar-refractivity contribution is 0.0944. The average molecular weight is 310 g/mol. The number of ether oxygens (including phenoxy) is 1. The Kier molecular flexibility index (Phi) is 3.76. The summed E-state index contributed by atoms with van der Waals surface area (Å²) in [5.74, 6) is 0.955. The third-order valence-electron chi connectivity index (χ3n) is 3.14. The van der Waals surface area contributed by atoms with Gasteiger partial charge in [0.1, 0.15) is 5.75 Å². The molecule has 96 valence electrons. The number of Topliss-reactive ketones (excluding diaryl/α,β-unsaturated/α-hetero) is 1. The molecule has 18 heavy (non-hydrogen) atoms. The van der Waals surface area contributed by atoms with Gasteiger partial charge in [-0.05, 0) is 12.1 Å². The van der Waals surface area contributed by atoms with Gasteiger partial charge in [-0.1, -0.05) is 22.9 Å². The predicted molar refractivity (Wildman–Crippen MR) is 76.8 cm³/mol. The largest absolute Gasteiger partial charge is 0.497 e. The van der Waals surface area contributed by atoms with Crippen LogP contribution in [0.1, 0.15) is 17.3 Å². The molecule has 3 nitrogen and oxygen atoms in total. The number of fused-ring (bicyclic) bond motifs is 1. The Hall–Kier alpha value is -1.29. The lowest BCUT2D eigenvalue weighted by Crippen LogP contribution is -2.11. The van der Waals surface area contributed by atoms with Crippen LogP contribution in [-0.4, -0.2) is 22.8 Å². The van der Waals surface area contributed by atoms with Crippen molar-refractivity contribution in [2.24, 2.45) is 13.0 Å². The number of carbonyl (C=O) groups excluding carboxylic acids is 1. The van der Waals surface area contributed by atoms with Crippen LogP contribution in [-0.2, 0) is 7.05 Å². The minimum Gasteiger partial charge on any atom is -0.497 e. The fourth-order valence-corrected chi connectivity index (χ4v) is 2.32. The predicted octanol–water partition coefficient (Wildman–Crippen LogP) is 3.40. The van der Waals surface area contributed by atoms with E-state index in [1.165, 1.54) is 0 Å². The van der Waals surface area contributed by atoms with Crippen LogP contribution in [0.3, 0.4) is 0 Å². The van der Waals surface area contributed by atoms with Crippen molar-refractivity contribution in [2.45, 2.75) is 6.92 Å². The van der Waals surface area contributed by atoms with Crippen molar-refractivity contribution in [3.8, 4) is 5.75 Å². The minimum absolute atomic E-state index is 0.0160. The van der Waals surface area contributed by atoms with Crippen molar-refractivity contribution in [3.63, 3.8) is 0 Å². The monoisotopic (exact) mass is 309 g/mol. The molecule has 0 N–H and O–H groups in total. The van der Waals surface area contributed by atoms with Crippen molar-refractivity contribution in [3.05, 3.63) is 30.0 Å². The molecule has 1 aromatic carbocycles. The zero-order chi connectivity index (χ0) is 13.3. The second kappa shape index (κ2) is 5.14. The molecule has 2 aromatic rings. The molecular formula is C14H16BrNO2. The van der Waals surface area contributed by atoms with Crippen molar-refractivity contribution in [2.75, 3.05) is 12.4 Å². The molecule has 0 aliphatic rings. The zero-order valence-electron chi connectivity index (χ0n) is 10.7. The molecule has 0 saturated carbocycles. The van der Waals surface area contributed by atoms with Crippen molar-refractivity contribution < 1.29 is 9.53 Å². The molecule has 0 spiro atoms. The summed E-state index contributed by atoms with van der Waals surface area (Å²) in [6.07, 6.45) is 1.89. The highest BCUT2D eigenvalue weighted by atomic mass is 79.9. The van der Waals surface area contributed by atoms with Gasteiger partial charge in [-0.25, -0.2) is 0 Å². The quantitative estimate of drug-likeness (QED) is 0.640. The number of aryl methyl sites for hydroxylation is 1. The number of carbonyl (C=O) groups is 1. The van der Waals surface area contributed by atoms with Crippen LogP contribution < -0.4 is 4.74 Å². The molecule has 1 heterocycles. The van der Waals surface area contributed by atoms with Crippen LogP contribution in [0.2, 0.25) is 0 Å². The maximum Gasteiger partial charge on any atom is 0.168 e. The van der Waals surface area contributed by atoms with E-state index in [4.69, 9.17) is 4.74 Å². The van der Waals surface area contributed by atoms with Gasteiger partial charge in [-0.2, -0.15) is 0 Å². The number of methoxy groups -OCH3 is 1. The first-order valence-corrected chi connectivity index (χ1v) is 6.94. The Morgan fingerprint density at radius 2 is 2.22 bits per heavy atom. The molecule has 0 aliphatic heterocycles. The summed E-state index contributed by atoms with van der Waals surface area (Å²) in [4.78, 5) is 12.3. The first kappa shape index (κ1) is 13.1. The van der Waals surface area contributed by atoms with Crippen LogP contribution in [0.4, 0.5) is 0 Å². The van der Waals surface area contributed by atoms with E-state index >= 15 is 0 Å². The number of nitrogens with zero attached hydrogens (tertiary/aromatic N) is 1. The summed E-state index contributed by atoms with van der Waals surface area (Å²) in [5, 5.41) is 1.66. The Bertz CT molecular complexity index is 589. The fourth-order valence-electron chi connectivity index (χ4n) is 2.02. The van der Waals surface area contributed by atoms with E-state index in [0.717, 1.165) is 22.2 Å². The minimum atomic E-state index is -0.0160. The van der Waals surface area contributed by atoms with Crippen LogP contribution in [0.5, 0.6) is 5.75 Å². The van der Waals surface area contributed by atoms with Crippen LogP contribution in [0, 0.1) is 5.92 Å². The Morgan fingerprint density at radius 3 is 2.83 bits per heavy atom. The highest BCUT2D eigenvalue weighted by molar-refractivity contribution is 9.09. The van der Waals surface area contributed by atoms with Gasteiger partial charge in [-0.15, -0.1) is 0 Å². The highest BCUT2D eigenvalue weighted by Crippen LogP contribution is 2.27. The van der Waals surface area contributed by atoms with E-state index in [2.05, 4.69) is 15.9 Å². The lowest BCUT2D eigenvalue weighted by atomic mass is 10.0. The van der Waals surface area contributed by atoms with Gasteiger partial charge in [0.15, 0.2) is 5.78 Å². The Morgan fingerprint density at radius 1 is 1.50 bits per heavy atom. The van der Waals surface area contributed by atoms with Gasteiger partial charge in [0.2, 0.25) is 0 Å². The summed E-state index contributed by atoms with van der Waals surface area (Å²) in [6.45, 7) is 1.93. The van der Waals surface area contributed by atoms with E-state index in [1.807, 2.05) is 42.9 Å². The van der Waals surface area contributed by atoms with Crippen molar-refractivity contribution in [1.29, 1.82) is 0 Å². The molecule has 4 heteroatoms. The first-order chi connectivity index (χ1) is 8.58. The SMILES string of the molecule is COc1ccc2c(C(=O)[C@H](C)CBr)cn(C)c2c1. The van der Waals surface area contributed by atoms with Gasteiger partial charge in [0.05, 0.1) is 12.6 Å². The Labute approximate surface area is 115 Å². The average Bonchev–Trinajstić information content (AvgIpc) is 2.73. The highest BCUT2D eigenvalue weighted by Gasteiger charge is 2.19. The third kappa shape index (κ3) is 2.17. The maximum absolute atomic E-state index is 12.3. The fraction of sp³-hybridized carbons (Fsp3) is 0.357. The van der Waals surface area contributed by atoms with Crippen LogP contribution in [0.25, 0.3) is 10.9 Å². The zero-order valence-corrected chi connectivity index (χ0v) is 12.3. The number of alkyl halides is 1. The van der Waals surface area contributed by atoms with Crippen molar-refractivity contribution in [1.82, 2.24) is 4.57 Å². The van der Waals surface area contributed by atoms with Gasteiger partial charge in [0.25, 0.3) is 0 Å². The molecule has 0 fully saturated rings. The molecule has 0 amide bonds. The number of aromatic nitrogens is 1. The Balaban J connectivity index is 2.57. The van der Waals surface area contributed by atoms with Crippen LogP contribution in [0.15, 0.2) is 24.4 Å². The maximum atomic E-state index is 12.3. The van der Waals surface area contributed by atoms with E-state index in [-0.39, 0.29) is 11.7 Å². The molecule has 0 bridgehead atoms. The van der Waals surface area contributed by atoms with Gasteiger partial charge >= 0.3 is 0 Å². The summed E-state index contributed by atoms with van der Waals surface area (Å²) < 4.78 is 7.17. The van der Waals surface area contributed by atoms with Gasteiger partial charge in [0, 0.05) is 41.5 Å². The molecule has 1 aromatic heterocycles. The van der Waals surface area contributed by atoms with E-state index in [9.17, 15) is 4.79 Å². The standard InChI is InChI=1S/C14H16BrNO2/c1-9(7-15)14(17)12-8-16(2)13-6-10(18-3)4-5-11(12)13/h4-6,8-9H,7H2,1-3H3/t9-/m1/s1. The molecule has 0 unspecified atom stereocenters. The van der Waals surface area contributed by atoms with Crippen molar-refractivity contribution >= 4 is 32.6 Å². The molecule has 0 saturated heterocycles. The molecule has 0 radical (unpaired) electrons.